The van der Waals surface area contributed by atoms with Crippen LogP contribution in [0.25, 0.3) is 0 Å². The number of ether oxygens (including phenoxy) is 3. The van der Waals surface area contributed by atoms with Crippen molar-refractivity contribution >= 4 is 22.0 Å². The molecule has 12 nitrogen and oxygen atoms in total. The standard InChI is InChI=1S/C29H41N3O9S/c1-29(2,14-13-27(30)34)19-31(42(37,38)24-11-9-23(39-3)10-12-24)16-26(33)25(15-21-7-5-4-6-8-21)32(28(35)36)22-17-40-20-41-18-22/h4-12,22,25-26,33H,13-20H2,1-3H3,(H2,30,34)(H,35,36)/t25-,26+/m0/s1. The summed E-state index contributed by atoms with van der Waals surface area (Å²) in [7, 11) is -2.71. The molecule has 2 aromatic rings. The van der Waals surface area contributed by atoms with E-state index >= 15 is 0 Å². The summed E-state index contributed by atoms with van der Waals surface area (Å²) in [5.41, 5.74) is 5.41. The van der Waals surface area contributed by atoms with Crippen molar-refractivity contribution in [1.29, 1.82) is 0 Å². The van der Waals surface area contributed by atoms with Gasteiger partial charge in [-0.25, -0.2) is 13.2 Å². The normalized spacial score (nSPS) is 16.1. The Morgan fingerprint density at radius 3 is 2.26 bits per heavy atom. The molecule has 0 radical (unpaired) electrons. The Bertz CT molecular complexity index is 1270. The van der Waals surface area contributed by atoms with Crippen LogP contribution in [0.2, 0.25) is 0 Å². The molecular weight excluding hydrogens is 566 g/mol. The van der Waals surface area contributed by atoms with Gasteiger partial charge < -0.3 is 30.2 Å². The number of methoxy groups -OCH3 is 1. The lowest BCUT2D eigenvalue weighted by atomic mass is 9.87. The van der Waals surface area contributed by atoms with E-state index in [0.29, 0.717) is 12.2 Å². The van der Waals surface area contributed by atoms with Gasteiger partial charge >= 0.3 is 6.09 Å². The summed E-state index contributed by atoms with van der Waals surface area (Å²) >= 11 is 0. The summed E-state index contributed by atoms with van der Waals surface area (Å²) in [6.07, 6.45) is -2.26. The van der Waals surface area contributed by atoms with E-state index in [1.165, 1.54) is 31.4 Å². The number of aliphatic hydroxyl groups is 1. The number of sulfonamides is 1. The van der Waals surface area contributed by atoms with Crippen molar-refractivity contribution in [3.63, 3.8) is 0 Å². The van der Waals surface area contributed by atoms with Gasteiger partial charge in [0, 0.05) is 19.5 Å². The number of rotatable bonds is 15. The number of hydrogen-bond donors (Lipinski definition) is 3. The molecule has 2 aromatic carbocycles. The molecule has 42 heavy (non-hydrogen) atoms. The van der Waals surface area contributed by atoms with Crippen molar-refractivity contribution < 1.29 is 42.4 Å². The van der Waals surface area contributed by atoms with Crippen LogP contribution in [0.4, 0.5) is 4.79 Å². The Morgan fingerprint density at radius 2 is 1.71 bits per heavy atom. The summed E-state index contributed by atoms with van der Waals surface area (Å²) in [4.78, 5) is 25.2. The molecule has 0 unspecified atom stereocenters. The fourth-order valence-electron chi connectivity index (χ4n) is 4.97. The highest BCUT2D eigenvalue weighted by molar-refractivity contribution is 7.89. The number of amides is 2. The Balaban J connectivity index is 2.01. The minimum atomic E-state index is -4.18. The zero-order chi connectivity index (χ0) is 30.9. The first-order chi connectivity index (χ1) is 19.8. The van der Waals surface area contributed by atoms with Gasteiger partial charge in [-0.3, -0.25) is 9.69 Å². The lowest BCUT2D eigenvalue weighted by molar-refractivity contribution is -0.140. The van der Waals surface area contributed by atoms with Crippen molar-refractivity contribution in [3.8, 4) is 5.75 Å². The molecule has 0 aliphatic carbocycles. The molecule has 3 rings (SSSR count). The van der Waals surface area contributed by atoms with Gasteiger partial charge in [-0.15, -0.1) is 0 Å². The first-order valence-electron chi connectivity index (χ1n) is 13.7. The van der Waals surface area contributed by atoms with Gasteiger partial charge in [-0.05, 0) is 48.1 Å². The fourth-order valence-corrected chi connectivity index (χ4v) is 6.62. The number of nitrogens with two attached hydrogens (primary N) is 1. The third kappa shape index (κ3) is 9.13. The molecule has 1 saturated heterocycles. The molecule has 1 heterocycles. The van der Waals surface area contributed by atoms with Crippen molar-refractivity contribution in [3.05, 3.63) is 60.2 Å². The highest BCUT2D eigenvalue weighted by atomic mass is 32.2. The number of carboxylic acid groups (broad SMARTS) is 1. The van der Waals surface area contributed by atoms with E-state index < -0.39 is 52.2 Å². The second kappa shape index (κ2) is 14.8. The number of primary amides is 1. The first-order valence-corrected chi connectivity index (χ1v) is 15.1. The number of carbonyl (C=O) groups is 2. The third-order valence-corrected chi connectivity index (χ3v) is 9.06. The summed E-state index contributed by atoms with van der Waals surface area (Å²) in [6, 6.07) is 13.2. The van der Waals surface area contributed by atoms with Crippen molar-refractivity contribution in [2.75, 3.05) is 40.2 Å². The molecule has 2 atom stereocenters. The highest BCUT2D eigenvalue weighted by Gasteiger charge is 2.40. The van der Waals surface area contributed by atoms with Crippen LogP contribution in [-0.2, 0) is 30.7 Å². The minimum Gasteiger partial charge on any atom is -0.497 e. The maximum absolute atomic E-state index is 14.0. The molecule has 0 aromatic heterocycles. The first kappa shape index (κ1) is 33.3. The molecular formula is C29H41N3O9S. The Kier molecular flexibility index (Phi) is 11.7. The molecule has 0 bridgehead atoms. The molecule has 13 heteroatoms. The summed E-state index contributed by atoms with van der Waals surface area (Å²) < 4.78 is 45.0. The zero-order valence-electron chi connectivity index (χ0n) is 24.2. The Labute approximate surface area is 247 Å². The average molecular weight is 608 g/mol. The molecule has 4 N–H and O–H groups in total. The second-order valence-corrected chi connectivity index (χ2v) is 13.1. The zero-order valence-corrected chi connectivity index (χ0v) is 25.0. The lowest BCUT2D eigenvalue weighted by Gasteiger charge is -2.41. The molecule has 1 aliphatic rings. The summed E-state index contributed by atoms with van der Waals surface area (Å²) in [6.45, 7) is 3.30. The van der Waals surface area contributed by atoms with Gasteiger partial charge in [-0.2, -0.15) is 4.31 Å². The van der Waals surface area contributed by atoms with Crippen LogP contribution in [0, 0.1) is 5.41 Å². The molecule has 1 fully saturated rings. The van der Waals surface area contributed by atoms with E-state index in [4.69, 9.17) is 19.9 Å². The van der Waals surface area contributed by atoms with Crippen LogP contribution in [0.1, 0.15) is 32.3 Å². The van der Waals surface area contributed by atoms with Gasteiger partial charge in [0.2, 0.25) is 15.9 Å². The van der Waals surface area contributed by atoms with Gasteiger partial charge in [0.15, 0.2) is 0 Å². The number of nitrogens with zero attached hydrogens (tertiary/aromatic N) is 2. The number of benzene rings is 2. The van der Waals surface area contributed by atoms with E-state index in [9.17, 15) is 28.2 Å². The van der Waals surface area contributed by atoms with Gasteiger partial charge in [0.1, 0.15) is 12.5 Å². The van der Waals surface area contributed by atoms with Crippen LogP contribution in [0.5, 0.6) is 5.75 Å². The Morgan fingerprint density at radius 1 is 1.10 bits per heavy atom. The van der Waals surface area contributed by atoms with Crippen molar-refractivity contribution in [2.24, 2.45) is 11.1 Å². The van der Waals surface area contributed by atoms with Crippen molar-refractivity contribution in [1.82, 2.24) is 9.21 Å². The van der Waals surface area contributed by atoms with Crippen LogP contribution < -0.4 is 10.5 Å². The van der Waals surface area contributed by atoms with Gasteiger partial charge in [0.25, 0.3) is 0 Å². The largest absolute Gasteiger partial charge is 0.497 e. The quantitative estimate of drug-likeness (QED) is 0.275. The minimum absolute atomic E-state index is 0.0232. The monoisotopic (exact) mass is 607 g/mol. The summed E-state index contributed by atoms with van der Waals surface area (Å²) in [5.74, 6) is -0.0381. The van der Waals surface area contributed by atoms with Crippen LogP contribution >= 0.6 is 0 Å². The molecule has 1 aliphatic heterocycles. The van der Waals surface area contributed by atoms with E-state index in [1.54, 1.807) is 26.0 Å². The van der Waals surface area contributed by atoms with E-state index in [0.717, 1.165) is 14.8 Å². The Hall–Kier alpha value is -3.23. The van der Waals surface area contributed by atoms with Crippen LogP contribution in [-0.4, -0.2) is 98.2 Å². The van der Waals surface area contributed by atoms with Crippen LogP contribution in [0.3, 0.4) is 0 Å². The molecule has 2 amide bonds. The van der Waals surface area contributed by atoms with Crippen LogP contribution in [0.15, 0.2) is 59.5 Å². The van der Waals surface area contributed by atoms with E-state index in [-0.39, 0.29) is 44.3 Å². The maximum atomic E-state index is 14.0. The number of aliphatic hydroxyl groups excluding tert-OH is 1. The molecule has 0 spiro atoms. The van der Waals surface area contributed by atoms with E-state index in [2.05, 4.69) is 0 Å². The summed E-state index contributed by atoms with van der Waals surface area (Å²) in [5, 5.41) is 22.0. The highest BCUT2D eigenvalue weighted by Crippen LogP contribution is 2.29. The number of hydrogen-bond acceptors (Lipinski definition) is 8. The topological polar surface area (TPSA) is 169 Å². The predicted molar refractivity (Wildman–Crippen MR) is 154 cm³/mol. The fraction of sp³-hybridized carbons (Fsp3) is 0.517. The maximum Gasteiger partial charge on any atom is 0.408 e. The van der Waals surface area contributed by atoms with Gasteiger partial charge in [0.05, 0.1) is 43.4 Å². The SMILES string of the molecule is COc1ccc(S(=O)(=O)N(C[C@@H](O)[C@H](Cc2ccccc2)N(C(=O)O)C2COCOC2)CC(C)(C)CCC(N)=O)cc1. The smallest absolute Gasteiger partial charge is 0.408 e. The lowest BCUT2D eigenvalue weighted by Crippen LogP contribution is -2.59. The van der Waals surface area contributed by atoms with E-state index in [1.807, 2.05) is 18.2 Å². The third-order valence-electron chi connectivity index (χ3n) is 7.23. The van der Waals surface area contributed by atoms with Gasteiger partial charge in [-0.1, -0.05) is 44.2 Å². The second-order valence-electron chi connectivity index (χ2n) is 11.1. The molecule has 232 valence electrons. The number of carbonyl (C=O) groups excluding carboxylic acids is 1. The van der Waals surface area contributed by atoms with Crippen molar-refractivity contribution in [2.45, 2.75) is 56.2 Å². The average Bonchev–Trinajstić information content (AvgIpc) is 2.96. The predicted octanol–water partition coefficient (Wildman–Crippen LogP) is 2.30. The molecule has 0 saturated carbocycles.